The zero-order valence-corrected chi connectivity index (χ0v) is 10.9. The van der Waals surface area contributed by atoms with Gasteiger partial charge in [0.15, 0.2) is 0 Å². The van der Waals surface area contributed by atoms with Crippen LogP contribution in [0, 0.1) is 0 Å². The van der Waals surface area contributed by atoms with Crippen molar-refractivity contribution in [3.63, 3.8) is 0 Å². The van der Waals surface area contributed by atoms with Crippen LogP contribution in [0.4, 0.5) is 0 Å². The van der Waals surface area contributed by atoms with Gasteiger partial charge in [-0.15, -0.1) is 0 Å². The second-order valence-corrected chi connectivity index (χ2v) is 5.31. The van der Waals surface area contributed by atoms with Gasteiger partial charge >= 0.3 is 0 Å². The normalized spacial score (nSPS) is 27.1. The van der Waals surface area contributed by atoms with Crippen LogP contribution in [-0.4, -0.2) is 60.9 Å². The molecular formula is C13H24N2O3. The average Bonchev–Trinajstić information content (AvgIpc) is 2.40. The van der Waals surface area contributed by atoms with E-state index in [2.05, 4.69) is 10.2 Å². The molecule has 104 valence electrons. The molecule has 2 rings (SSSR count). The lowest BCUT2D eigenvalue weighted by molar-refractivity contribution is -0.125. The van der Waals surface area contributed by atoms with Gasteiger partial charge in [-0.25, -0.2) is 0 Å². The largest absolute Gasteiger partial charge is 0.394 e. The van der Waals surface area contributed by atoms with E-state index in [1.165, 1.54) is 19.3 Å². The van der Waals surface area contributed by atoms with Crippen molar-refractivity contribution in [3.05, 3.63) is 0 Å². The van der Waals surface area contributed by atoms with E-state index in [9.17, 15) is 4.79 Å². The molecule has 0 aromatic carbocycles. The van der Waals surface area contributed by atoms with E-state index in [0.717, 1.165) is 19.4 Å². The SMILES string of the molecule is O=C(CN1CCOC(CO)C1)NC1CCCCC1. The first-order valence-electron chi connectivity index (χ1n) is 7.02. The third-order valence-electron chi connectivity index (χ3n) is 3.76. The van der Waals surface area contributed by atoms with Crippen LogP contribution in [0.15, 0.2) is 0 Å². The Morgan fingerprint density at radius 1 is 1.33 bits per heavy atom. The van der Waals surface area contributed by atoms with Crippen LogP contribution in [-0.2, 0) is 9.53 Å². The molecule has 1 atom stereocenters. The number of morpholine rings is 1. The summed E-state index contributed by atoms with van der Waals surface area (Å²) >= 11 is 0. The summed E-state index contributed by atoms with van der Waals surface area (Å²) in [7, 11) is 0. The molecule has 2 N–H and O–H groups in total. The molecule has 0 bridgehead atoms. The van der Waals surface area contributed by atoms with Gasteiger partial charge in [-0.3, -0.25) is 9.69 Å². The monoisotopic (exact) mass is 256 g/mol. The Hall–Kier alpha value is -0.650. The number of rotatable bonds is 4. The van der Waals surface area contributed by atoms with Gasteiger partial charge in [0.2, 0.25) is 5.91 Å². The number of nitrogens with one attached hydrogen (secondary N) is 1. The van der Waals surface area contributed by atoms with Gasteiger partial charge in [0.05, 0.1) is 25.9 Å². The second-order valence-electron chi connectivity index (χ2n) is 5.31. The summed E-state index contributed by atoms with van der Waals surface area (Å²) < 4.78 is 5.37. The predicted octanol–water partition coefficient (Wildman–Crippen LogP) is 0.128. The summed E-state index contributed by atoms with van der Waals surface area (Å²) in [6, 6.07) is 0.376. The molecule has 1 unspecified atom stereocenters. The third-order valence-corrected chi connectivity index (χ3v) is 3.76. The van der Waals surface area contributed by atoms with Crippen molar-refractivity contribution in [3.8, 4) is 0 Å². The Bertz CT molecular complexity index is 267. The van der Waals surface area contributed by atoms with Crippen molar-refractivity contribution in [2.75, 3.05) is 32.8 Å². The second kappa shape index (κ2) is 7.07. The van der Waals surface area contributed by atoms with E-state index in [1.807, 2.05) is 0 Å². The summed E-state index contributed by atoms with van der Waals surface area (Å²) in [5.41, 5.74) is 0. The first-order valence-corrected chi connectivity index (χ1v) is 7.02. The Labute approximate surface area is 108 Å². The number of carbonyl (C=O) groups excluding carboxylic acids is 1. The van der Waals surface area contributed by atoms with Crippen LogP contribution in [0.5, 0.6) is 0 Å². The molecule has 1 amide bonds. The van der Waals surface area contributed by atoms with Gasteiger partial charge in [-0.2, -0.15) is 0 Å². The van der Waals surface area contributed by atoms with Crippen molar-refractivity contribution in [2.45, 2.75) is 44.2 Å². The van der Waals surface area contributed by atoms with Crippen LogP contribution < -0.4 is 5.32 Å². The van der Waals surface area contributed by atoms with E-state index in [1.54, 1.807) is 0 Å². The molecule has 0 aromatic heterocycles. The number of carbonyl (C=O) groups is 1. The quantitative estimate of drug-likeness (QED) is 0.750. The zero-order chi connectivity index (χ0) is 12.8. The molecule has 1 aliphatic carbocycles. The van der Waals surface area contributed by atoms with E-state index in [0.29, 0.717) is 25.7 Å². The highest BCUT2D eigenvalue weighted by Crippen LogP contribution is 2.17. The highest BCUT2D eigenvalue weighted by molar-refractivity contribution is 5.78. The molecule has 1 aliphatic heterocycles. The minimum Gasteiger partial charge on any atom is -0.394 e. The van der Waals surface area contributed by atoms with Crippen LogP contribution in [0.3, 0.4) is 0 Å². The van der Waals surface area contributed by atoms with Crippen molar-refractivity contribution in [2.24, 2.45) is 0 Å². The van der Waals surface area contributed by atoms with Crippen molar-refractivity contribution < 1.29 is 14.6 Å². The molecule has 5 heteroatoms. The summed E-state index contributed by atoms with van der Waals surface area (Å²) in [4.78, 5) is 14.0. The topological polar surface area (TPSA) is 61.8 Å². The molecule has 0 spiro atoms. The molecule has 2 fully saturated rings. The van der Waals surface area contributed by atoms with Gasteiger partial charge in [0.1, 0.15) is 0 Å². The molecule has 1 heterocycles. The smallest absolute Gasteiger partial charge is 0.234 e. The number of hydrogen-bond donors (Lipinski definition) is 2. The van der Waals surface area contributed by atoms with Gasteiger partial charge in [0, 0.05) is 19.1 Å². The summed E-state index contributed by atoms with van der Waals surface area (Å²) in [5, 5.41) is 12.2. The molecule has 1 saturated heterocycles. The standard InChI is InChI=1S/C13H24N2O3/c16-10-12-8-15(6-7-18-12)9-13(17)14-11-4-2-1-3-5-11/h11-12,16H,1-10H2,(H,14,17). The molecule has 1 saturated carbocycles. The van der Waals surface area contributed by atoms with E-state index in [4.69, 9.17) is 9.84 Å². The number of aliphatic hydroxyl groups is 1. The predicted molar refractivity (Wildman–Crippen MR) is 68.3 cm³/mol. The lowest BCUT2D eigenvalue weighted by Crippen LogP contribution is -2.49. The fourth-order valence-electron chi connectivity index (χ4n) is 2.76. The van der Waals surface area contributed by atoms with Crippen LogP contribution in [0.2, 0.25) is 0 Å². The zero-order valence-electron chi connectivity index (χ0n) is 10.9. The summed E-state index contributed by atoms with van der Waals surface area (Å²) in [6.45, 7) is 2.47. The Morgan fingerprint density at radius 2 is 2.11 bits per heavy atom. The van der Waals surface area contributed by atoms with Crippen molar-refractivity contribution in [1.82, 2.24) is 10.2 Å². The lowest BCUT2D eigenvalue weighted by Gasteiger charge is -2.32. The molecule has 5 nitrogen and oxygen atoms in total. The van der Waals surface area contributed by atoms with E-state index < -0.39 is 0 Å². The number of hydrogen-bond acceptors (Lipinski definition) is 4. The number of ether oxygens (including phenoxy) is 1. The number of amides is 1. The van der Waals surface area contributed by atoms with Gasteiger partial charge in [-0.1, -0.05) is 19.3 Å². The highest BCUT2D eigenvalue weighted by Gasteiger charge is 2.22. The van der Waals surface area contributed by atoms with Crippen molar-refractivity contribution >= 4 is 5.91 Å². The maximum Gasteiger partial charge on any atom is 0.234 e. The Balaban J connectivity index is 1.69. The lowest BCUT2D eigenvalue weighted by atomic mass is 9.95. The first-order chi connectivity index (χ1) is 8.78. The Kier molecular flexibility index (Phi) is 5.41. The summed E-state index contributed by atoms with van der Waals surface area (Å²) in [5.74, 6) is 0.112. The first kappa shape index (κ1) is 13.8. The maximum absolute atomic E-state index is 11.9. The number of aliphatic hydroxyl groups excluding tert-OH is 1. The van der Waals surface area contributed by atoms with E-state index in [-0.39, 0.29) is 18.6 Å². The third kappa shape index (κ3) is 4.23. The van der Waals surface area contributed by atoms with Crippen molar-refractivity contribution in [1.29, 1.82) is 0 Å². The van der Waals surface area contributed by atoms with Gasteiger partial charge < -0.3 is 15.2 Å². The number of nitrogens with zero attached hydrogens (tertiary/aromatic N) is 1. The maximum atomic E-state index is 11.9. The minimum absolute atomic E-state index is 0.0285. The summed E-state index contributed by atoms with van der Waals surface area (Å²) in [6.07, 6.45) is 5.86. The highest BCUT2D eigenvalue weighted by atomic mass is 16.5. The molecule has 0 aromatic rings. The molecule has 0 radical (unpaired) electrons. The molecular weight excluding hydrogens is 232 g/mol. The fraction of sp³-hybridized carbons (Fsp3) is 0.923. The van der Waals surface area contributed by atoms with E-state index >= 15 is 0 Å². The average molecular weight is 256 g/mol. The minimum atomic E-state index is -0.138. The van der Waals surface area contributed by atoms with Crippen LogP contribution in [0.1, 0.15) is 32.1 Å². The fourth-order valence-corrected chi connectivity index (χ4v) is 2.76. The molecule has 2 aliphatic rings. The van der Waals surface area contributed by atoms with Gasteiger partial charge in [-0.05, 0) is 12.8 Å². The van der Waals surface area contributed by atoms with Crippen LogP contribution in [0.25, 0.3) is 0 Å². The van der Waals surface area contributed by atoms with Gasteiger partial charge in [0.25, 0.3) is 0 Å². The molecule has 18 heavy (non-hydrogen) atoms. The van der Waals surface area contributed by atoms with Crippen LogP contribution >= 0.6 is 0 Å². The Morgan fingerprint density at radius 3 is 2.83 bits per heavy atom.